The van der Waals surface area contributed by atoms with Gasteiger partial charge in [0.15, 0.2) is 0 Å². The van der Waals surface area contributed by atoms with Gasteiger partial charge in [-0.05, 0) is 31.2 Å². The highest BCUT2D eigenvalue weighted by atomic mass is 19.1. The third-order valence-corrected chi connectivity index (χ3v) is 4.65. The van der Waals surface area contributed by atoms with Crippen molar-refractivity contribution in [3.05, 3.63) is 71.9 Å². The van der Waals surface area contributed by atoms with E-state index < -0.39 is 0 Å². The van der Waals surface area contributed by atoms with Crippen LogP contribution in [0.1, 0.15) is 11.4 Å². The van der Waals surface area contributed by atoms with E-state index in [2.05, 4.69) is 51.4 Å². The number of aryl methyl sites for hydroxylation is 1. The normalized spacial score (nSPS) is 15.7. The summed E-state index contributed by atoms with van der Waals surface area (Å²) in [6, 6.07) is 13.5. The number of imidazole rings is 1. The number of benzene rings is 2. The van der Waals surface area contributed by atoms with Crippen LogP contribution in [0.3, 0.4) is 0 Å². The molecular formula is C21H21FN4O2. The minimum atomic E-state index is -0.355. The van der Waals surface area contributed by atoms with E-state index in [1.54, 1.807) is 0 Å². The highest BCUT2D eigenvalue weighted by Crippen LogP contribution is 2.22. The molecule has 2 heterocycles. The summed E-state index contributed by atoms with van der Waals surface area (Å²) >= 11 is 0. The second-order valence-electron chi connectivity index (χ2n) is 6.84. The van der Waals surface area contributed by atoms with E-state index in [-0.39, 0.29) is 18.0 Å². The number of rotatable bonds is 4. The molecular weight excluding hydrogens is 359 g/mol. The van der Waals surface area contributed by atoms with Crippen LogP contribution < -0.4 is 10.6 Å². The van der Waals surface area contributed by atoms with Crippen molar-refractivity contribution in [3.63, 3.8) is 0 Å². The molecule has 0 saturated heterocycles. The average molecular weight is 380 g/mol. The van der Waals surface area contributed by atoms with Gasteiger partial charge in [0.05, 0.1) is 18.3 Å². The van der Waals surface area contributed by atoms with Crippen LogP contribution in [0.4, 0.5) is 14.9 Å². The molecule has 1 aromatic heterocycles. The summed E-state index contributed by atoms with van der Waals surface area (Å²) in [5, 5.41) is 5.46. The number of ether oxygens (including phenoxy) is 1. The van der Waals surface area contributed by atoms with Gasteiger partial charge in [0, 0.05) is 24.0 Å². The molecule has 1 aliphatic heterocycles. The molecule has 1 atom stereocenters. The smallest absolute Gasteiger partial charge is 0.319 e. The van der Waals surface area contributed by atoms with E-state index in [4.69, 9.17) is 4.74 Å². The van der Waals surface area contributed by atoms with Gasteiger partial charge in [-0.1, -0.05) is 29.8 Å². The minimum absolute atomic E-state index is 0.147. The van der Waals surface area contributed by atoms with E-state index in [0.29, 0.717) is 25.4 Å². The summed E-state index contributed by atoms with van der Waals surface area (Å²) < 4.78 is 20.8. The summed E-state index contributed by atoms with van der Waals surface area (Å²) in [5.41, 5.74) is 3.73. The largest absolute Gasteiger partial charge is 0.367 e. The van der Waals surface area contributed by atoms with Crippen molar-refractivity contribution in [1.82, 2.24) is 14.9 Å². The molecule has 2 aromatic carbocycles. The molecule has 4 rings (SSSR count). The number of anilines is 1. The van der Waals surface area contributed by atoms with Gasteiger partial charge in [0.25, 0.3) is 0 Å². The molecule has 28 heavy (non-hydrogen) atoms. The van der Waals surface area contributed by atoms with E-state index in [9.17, 15) is 9.18 Å². The maximum absolute atomic E-state index is 12.9. The lowest BCUT2D eigenvalue weighted by atomic mass is 10.1. The van der Waals surface area contributed by atoms with E-state index in [0.717, 1.165) is 17.1 Å². The lowest BCUT2D eigenvalue weighted by molar-refractivity contribution is 0.00467. The highest BCUT2D eigenvalue weighted by Gasteiger charge is 2.21. The predicted molar refractivity (Wildman–Crippen MR) is 104 cm³/mol. The van der Waals surface area contributed by atoms with Crippen LogP contribution >= 0.6 is 0 Å². The van der Waals surface area contributed by atoms with Crippen molar-refractivity contribution in [2.45, 2.75) is 26.2 Å². The van der Waals surface area contributed by atoms with Crippen LogP contribution in [0.15, 0.2) is 54.7 Å². The molecule has 7 heteroatoms. The molecule has 3 aromatic rings. The number of amides is 2. The van der Waals surface area contributed by atoms with Crippen molar-refractivity contribution in [2.75, 3.05) is 11.9 Å². The maximum atomic E-state index is 12.9. The van der Waals surface area contributed by atoms with Crippen molar-refractivity contribution >= 4 is 11.7 Å². The minimum Gasteiger partial charge on any atom is -0.367 e. The molecule has 0 bridgehead atoms. The van der Waals surface area contributed by atoms with Gasteiger partial charge in [-0.15, -0.1) is 0 Å². The van der Waals surface area contributed by atoms with Gasteiger partial charge in [-0.3, -0.25) is 0 Å². The Morgan fingerprint density at radius 2 is 1.96 bits per heavy atom. The van der Waals surface area contributed by atoms with Crippen LogP contribution in [0, 0.1) is 12.7 Å². The van der Waals surface area contributed by atoms with Gasteiger partial charge in [0.2, 0.25) is 0 Å². The Kier molecular flexibility index (Phi) is 5.08. The monoisotopic (exact) mass is 380 g/mol. The number of nitrogens with one attached hydrogen (secondary N) is 2. The summed E-state index contributed by atoms with van der Waals surface area (Å²) in [7, 11) is 0. The lowest BCUT2D eigenvalue weighted by Gasteiger charge is -2.24. The van der Waals surface area contributed by atoms with Crippen molar-refractivity contribution in [1.29, 1.82) is 0 Å². The first-order valence-corrected chi connectivity index (χ1v) is 9.12. The molecule has 0 radical (unpaired) electrons. The first-order valence-electron chi connectivity index (χ1n) is 9.12. The van der Waals surface area contributed by atoms with Crippen LogP contribution in [-0.4, -0.2) is 28.2 Å². The number of hydrogen-bond donors (Lipinski definition) is 2. The molecule has 0 aliphatic carbocycles. The molecule has 0 saturated carbocycles. The number of carbonyl (C=O) groups excluding carboxylic acids is 1. The van der Waals surface area contributed by atoms with E-state index in [1.165, 1.54) is 29.8 Å². The topological polar surface area (TPSA) is 68.2 Å². The number of aromatic nitrogens is 2. The van der Waals surface area contributed by atoms with Gasteiger partial charge in [-0.25, -0.2) is 14.2 Å². The Morgan fingerprint density at radius 3 is 2.71 bits per heavy atom. The molecule has 0 fully saturated rings. The second-order valence-corrected chi connectivity index (χ2v) is 6.84. The number of halogens is 1. The van der Waals surface area contributed by atoms with Gasteiger partial charge < -0.3 is 19.9 Å². The zero-order valence-corrected chi connectivity index (χ0v) is 15.5. The zero-order chi connectivity index (χ0) is 19.5. The standard InChI is InChI=1S/C21H21FN4O2/c1-14-2-4-15(5-3-14)19-12-26-11-18(28-13-20(26)25-19)10-23-21(27)24-17-8-6-16(22)7-9-17/h2-9,12,18H,10-11,13H2,1H3,(H2,23,24,27)/t18-/m0/s1. The first-order chi connectivity index (χ1) is 13.6. The van der Waals surface area contributed by atoms with Crippen LogP contribution in [0.5, 0.6) is 0 Å². The SMILES string of the molecule is Cc1ccc(-c2cn3c(n2)CO[C@@H](CNC(=O)Nc2ccc(F)cc2)C3)cc1. The molecule has 0 unspecified atom stereocenters. The number of nitrogens with zero attached hydrogens (tertiary/aromatic N) is 2. The highest BCUT2D eigenvalue weighted by molar-refractivity contribution is 5.89. The van der Waals surface area contributed by atoms with E-state index >= 15 is 0 Å². The molecule has 6 nitrogen and oxygen atoms in total. The third-order valence-electron chi connectivity index (χ3n) is 4.65. The summed E-state index contributed by atoms with van der Waals surface area (Å²) in [6.07, 6.45) is 1.88. The third kappa shape index (κ3) is 4.20. The zero-order valence-electron chi connectivity index (χ0n) is 15.5. The molecule has 1 aliphatic rings. The van der Waals surface area contributed by atoms with Gasteiger partial charge in [-0.2, -0.15) is 0 Å². The first kappa shape index (κ1) is 18.2. The van der Waals surface area contributed by atoms with Crippen LogP contribution in [0.25, 0.3) is 11.3 Å². The number of urea groups is 1. The molecule has 0 spiro atoms. The van der Waals surface area contributed by atoms with Crippen LogP contribution in [-0.2, 0) is 17.9 Å². The number of fused-ring (bicyclic) bond motifs is 1. The quantitative estimate of drug-likeness (QED) is 0.725. The summed E-state index contributed by atoms with van der Waals surface area (Å²) in [5.74, 6) is 0.533. The fourth-order valence-electron chi connectivity index (χ4n) is 3.09. The average Bonchev–Trinajstić information content (AvgIpc) is 3.12. The predicted octanol–water partition coefficient (Wildman–Crippen LogP) is 3.72. The van der Waals surface area contributed by atoms with E-state index in [1.807, 2.05) is 6.20 Å². The fourth-order valence-corrected chi connectivity index (χ4v) is 3.09. The molecule has 144 valence electrons. The Labute approximate surface area is 162 Å². The van der Waals surface area contributed by atoms with Gasteiger partial charge in [0.1, 0.15) is 18.2 Å². The van der Waals surface area contributed by atoms with Crippen LogP contribution in [0.2, 0.25) is 0 Å². The summed E-state index contributed by atoms with van der Waals surface area (Å²) in [6.45, 7) is 3.44. The van der Waals surface area contributed by atoms with Crippen molar-refractivity contribution in [3.8, 4) is 11.3 Å². The second kappa shape index (κ2) is 7.82. The number of carbonyl (C=O) groups is 1. The Balaban J connectivity index is 1.33. The Hall–Kier alpha value is -3.19. The lowest BCUT2D eigenvalue weighted by Crippen LogP contribution is -2.40. The Bertz CT molecular complexity index is 967. The van der Waals surface area contributed by atoms with Gasteiger partial charge >= 0.3 is 6.03 Å². The van der Waals surface area contributed by atoms with Crippen molar-refractivity contribution < 1.29 is 13.9 Å². The van der Waals surface area contributed by atoms with Crippen molar-refractivity contribution in [2.24, 2.45) is 0 Å². The fraction of sp³-hybridized carbons (Fsp3) is 0.238. The molecule has 2 amide bonds. The summed E-state index contributed by atoms with van der Waals surface area (Å²) in [4.78, 5) is 16.7. The number of hydrogen-bond acceptors (Lipinski definition) is 3. The Morgan fingerprint density at radius 1 is 1.21 bits per heavy atom. The maximum Gasteiger partial charge on any atom is 0.319 e. The molecule has 2 N–H and O–H groups in total.